The topological polar surface area (TPSA) is 86.3 Å². The molecule has 2 aromatic rings. The Labute approximate surface area is 122 Å². The molecule has 1 unspecified atom stereocenters. The van der Waals surface area contributed by atoms with E-state index in [2.05, 4.69) is 10.2 Å². The van der Waals surface area contributed by atoms with E-state index in [-0.39, 0.29) is 16.2 Å². The van der Waals surface area contributed by atoms with Crippen molar-refractivity contribution in [3.05, 3.63) is 47.4 Å². The van der Waals surface area contributed by atoms with Gasteiger partial charge in [0.1, 0.15) is 5.82 Å². The fourth-order valence-corrected chi connectivity index (χ4v) is 3.43. The first-order valence-corrected chi connectivity index (χ1v) is 7.69. The number of aromatic amines is 1. The van der Waals surface area contributed by atoms with Crippen molar-refractivity contribution in [1.82, 2.24) is 14.5 Å². The highest BCUT2D eigenvalue weighted by atomic mass is 32.2. The molecule has 2 rings (SSSR count). The van der Waals surface area contributed by atoms with Gasteiger partial charge in [0, 0.05) is 24.2 Å². The van der Waals surface area contributed by atoms with Crippen molar-refractivity contribution in [1.29, 1.82) is 0 Å². The first-order valence-electron chi connectivity index (χ1n) is 6.25. The summed E-state index contributed by atoms with van der Waals surface area (Å²) in [6.45, 7) is 1.14. The molecule has 21 heavy (non-hydrogen) atoms. The Kier molecular flexibility index (Phi) is 4.40. The third kappa shape index (κ3) is 2.82. The molecule has 1 heterocycles. The summed E-state index contributed by atoms with van der Waals surface area (Å²) >= 11 is 0. The highest BCUT2D eigenvalue weighted by molar-refractivity contribution is 7.89. The minimum absolute atomic E-state index is 0.169. The Bertz CT molecular complexity index is 730. The highest BCUT2D eigenvalue weighted by Gasteiger charge is 2.30. The monoisotopic (exact) mass is 313 g/mol. The maximum absolute atomic E-state index is 13.8. The molecule has 0 spiro atoms. The smallest absolute Gasteiger partial charge is 0.260 e. The zero-order valence-electron chi connectivity index (χ0n) is 11.6. The number of aliphatic hydroxyl groups is 1. The molecule has 0 aliphatic carbocycles. The Morgan fingerprint density at radius 3 is 2.71 bits per heavy atom. The number of hydrogen-bond acceptors (Lipinski definition) is 4. The minimum Gasteiger partial charge on any atom is -0.392 e. The van der Waals surface area contributed by atoms with E-state index in [0.29, 0.717) is 0 Å². The summed E-state index contributed by atoms with van der Waals surface area (Å²) in [5, 5.41) is 15.0. The van der Waals surface area contributed by atoms with E-state index in [9.17, 15) is 12.8 Å². The van der Waals surface area contributed by atoms with Crippen LogP contribution in [0, 0.1) is 5.82 Å². The van der Waals surface area contributed by atoms with Crippen LogP contribution >= 0.6 is 0 Å². The van der Waals surface area contributed by atoms with Gasteiger partial charge in [0.2, 0.25) is 0 Å². The molecule has 0 bridgehead atoms. The van der Waals surface area contributed by atoms with E-state index in [4.69, 9.17) is 5.11 Å². The standard InChI is InChI=1S/C13H16FN3O3S/c1-9(11-5-3-4-6-12(11)14)17(2)21(19,20)13-10(8-18)7-15-16-13/h3-7,9,18H,8H2,1-2H3,(H,15,16). The number of halogens is 1. The van der Waals surface area contributed by atoms with Gasteiger partial charge in [0.05, 0.1) is 12.8 Å². The second-order valence-electron chi connectivity index (χ2n) is 4.60. The maximum atomic E-state index is 13.8. The van der Waals surface area contributed by atoms with Crippen LogP contribution in [-0.4, -0.2) is 35.1 Å². The van der Waals surface area contributed by atoms with Gasteiger partial charge in [-0.15, -0.1) is 0 Å². The summed E-state index contributed by atoms with van der Waals surface area (Å²) < 4.78 is 39.9. The molecule has 0 amide bonds. The summed E-state index contributed by atoms with van der Waals surface area (Å²) in [6, 6.07) is 5.29. The second kappa shape index (κ2) is 5.92. The van der Waals surface area contributed by atoms with Gasteiger partial charge in [-0.3, -0.25) is 5.10 Å². The van der Waals surface area contributed by atoms with E-state index in [1.54, 1.807) is 19.1 Å². The van der Waals surface area contributed by atoms with Gasteiger partial charge in [-0.05, 0) is 13.0 Å². The van der Waals surface area contributed by atoms with Gasteiger partial charge in [-0.2, -0.15) is 9.40 Å². The Hall–Kier alpha value is -1.77. The molecule has 114 valence electrons. The van der Waals surface area contributed by atoms with Crippen molar-refractivity contribution in [2.24, 2.45) is 0 Å². The number of nitrogens with one attached hydrogen (secondary N) is 1. The molecule has 6 nitrogen and oxygen atoms in total. The van der Waals surface area contributed by atoms with E-state index in [1.165, 1.54) is 25.4 Å². The first kappa shape index (κ1) is 15.6. The number of benzene rings is 1. The fourth-order valence-electron chi connectivity index (χ4n) is 2.00. The largest absolute Gasteiger partial charge is 0.392 e. The van der Waals surface area contributed by atoms with Crippen LogP contribution in [0.5, 0.6) is 0 Å². The lowest BCUT2D eigenvalue weighted by Crippen LogP contribution is -2.31. The molecule has 1 aromatic heterocycles. The Morgan fingerprint density at radius 2 is 2.10 bits per heavy atom. The summed E-state index contributed by atoms with van der Waals surface area (Å²) in [5.41, 5.74) is 0.441. The van der Waals surface area contributed by atoms with Crippen molar-refractivity contribution in [3.63, 3.8) is 0 Å². The summed E-state index contributed by atoms with van der Waals surface area (Å²) in [6.07, 6.45) is 1.24. The lowest BCUT2D eigenvalue weighted by Gasteiger charge is -2.24. The van der Waals surface area contributed by atoms with Crippen molar-refractivity contribution >= 4 is 10.0 Å². The van der Waals surface area contributed by atoms with Gasteiger partial charge < -0.3 is 5.11 Å². The van der Waals surface area contributed by atoms with Crippen molar-refractivity contribution in [2.45, 2.75) is 24.6 Å². The number of aliphatic hydroxyl groups excluding tert-OH is 1. The molecule has 8 heteroatoms. The van der Waals surface area contributed by atoms with Crippen molar-refractivity contribution in [2.75, 3.05) is 7.05 Å². The summed E-state index contributed by atoms with van der Waals surface area (Å²) in [5.74, 6) is -0.473. The van der Waals surface area contributed by atoms with Gasteiger partial charge in [0.15, 0.2) is 5.03 Å². The fraction of sp³-hybridized carbons (Fsp3) is 0.308. The minimum atomic E-state index is -3.91. The molecule has 0 fully saturated rings. The van der Waals surface area contributed by atoms with Gasteiger partial charge in [-0.1, -0.05) is 18.2 Å². The normalized spacial score (nSPS) is 13.6. The van der Waals surface area contributed by atoms with Gasteiger partial charge in [-0.25, -0.2) is 12.8 Å². The van der Waals surface area contributed by atoms with Crippen LogP contribution in [0.3, 0.4) is 0 Å². The van der Waals surface area contributed by atoms with E-state index >= 15 is 0 Å². The first-order chi connectivity index (χ1) is 9.89. The predicted molar refractivity (Wildman–Crippen MR) is 74.3 cm³/mol. The summed E-state index contributed by atoms with van der Waals surface area (Å²) in [4.78, 5) is 0. The van der Waals surface area contributed by atoms with Crippen LogP contribution < -0.4 is 0 Å². The molecule has 0 aliphatic heterocycles. The lowest BCUT2D eigenvalue weighted by atomic mass is 10.1. The third-order valence-corrected chi connectivity index (χ3v) is 5.33. The van der Waals surface area contributed by atoms with Crippen LogP contribution in [-0.2, 0) is 16.6 Å². The van der Waals surface area contributed by atoms with Crippen molar-refractivity contribution in [3.8, 4) is 0 Å². The van der Waals surface area contributed by atoms with Crippen LogP contribution in [0.25, 0.3) is 0 Å². The SMILES string of the molecule is CC(c1ccccc1F)N(C)S(=O)(=O)c1[nH]ncc1CO. The number of rotatable bonds is 5. The summed E-state index contributed by atoms with van der Waals surface area (Å²) in [7, 11) is -2.56. The third-order valence-electron chi connectivity index (χ3n) is 3.39. The molecule has 0 aliphatic rings. The Morgan fingerprint density at radius 1 is 1.43 bits per heavy atom. The molecule has 2 N–H and O–H groups in total. The Balaban J connectivity index is 2.39. The number of aromatic nitrogens is 2. The average Bonchev–Trinajstić information content (AvgIpc) is 2.95. The van der Waals surface area contributed by atoms with E-state index < -0.39 is 28.5 Å². The quantitative estimate of drug-likeness (QED) is 0.874. The van der Waals surface area contributed by atoms with Gasteiger partial charge >= 0.3 is 0 Å². The number of hydrogen-bond donors (Lipinski definition) is 2. The van der Waals surface area contributed by atoms with Crippen LogP contribution in [0.1, 0.15) is 24.1 Å². The molecule has 1 atom stereocenters. The number of sulfonamides is 1. The van der Waals surface area contributed by atoms with Crippen LogP contribution in [0.4, 0.5) is 4.39 Å². The predicted octanol–water partition coefficient (Wildman–Crippen LogP) is 1.42. The lowest BCUT2D eigenvalue weighted by molar-refractivity contribution is 0.277. The average molecular weight is 313 g/mol. The zero-order valence-corrected chi connectivity index (χ0v) is 12.4. The van der Waals surface area contributed by atoms with Gasteiger partial charge in [0.25, 0.3) is 10.0 Å². The number of nitrogens with zero attached hydrogens (tertiary/aromatic N) is 2. The molecule has 0 saturated carbocycles. The van der Waals surface area contributed by atoms with E-state index in [0.717, 1.165) is 4.31 Å². The van der Waals surface area contributed by atoms with Crippen LogP contribution in [0.2, 0.25) is 0 Å². The molecule has 1 aromatic carbocycles. The molecule has 0 saturated heterocycles. The maximum Gasteiger partial charge on any atom is 0.260 e. The molecular formula is C13H16FN3O3S. The number of H-pyrrole nitrogens is 1. The second-order valence-corrected chi connectivity index (χ2v) is 6.54. The van der Waals surface area contributed by atoms with E-state index in [1.807, 2.05) is 0 Å². The molecule has 0 radical (unpaired) electrons. The van der Waals surface area contributed by atoms with Crippen LogP contribution in [0.15, 0.2) is 35.5 Å². The highest BCUT2D eigenvalue weighted by Crippen LogP contribution is 2.27. The zero-order chi connectivity index (χ0) is 15.6. The molecular weight excluding hydrogens is 297 g/mol. The van der Waals surface area contributed by atoms with Crippen molar-refractivity contribution < 1.29 is 17.9 Å².